The van der Waals surface area contributed by atoms with Gasteiger partial charge in [-0.15, -0.1) is 0 Å². The maximum Gasteiger partial charge on any atom is 0.256 e. The van der Waals surface area contributed by atoms with Gasteiger partial charge in [0.25, 0.3) is 5.91 Å². The van der Waals surface area contributed by atoms with E-state index in [0.29, 0.717) is 12.5 Å². The first-order valence-corrected chi connectivity index (χ1v) is 5.97. The minimum Gasteiger partial charge on any atom is -0.341 e. The molecule has 0 N–H and O–H groups in total. The second kappa shape index (κ2) is 5.80. The molecule has 1 unspecified atom stereocenters. The summed E-state index contributed by atoms with van der Waals surface area (Å²) in [7, 11) is 1.72. The van der Waals surface area contributed by atoms with Crippen LogP contribution in [0.3, 0.4) is 0 Å². The van der Waals surface area contributed by atoms with Gasteiger partial charge in [-0.05, 0) is 30.5 Å². The van der Waals surface area contributed by atoms with Gasteiger partial charge in [0.1, 0.15) is 5.82 Å². The highest BCUT2D eigenvalue weighted by molar-refractivity contribution is 5.94. The molecule has 0 aromatic heterocycles. The summed E-state index contributed by atoms with van der Waals surface area (Å²) < 4.78 is 13.6. The fourth-order valence-electron chi connectivity index (χ4n) is 1.68. The zero-order valence-electron chi connectivity index (χ0n) is 11.0. The molecule has 0 spiro atoms. The molecule has 1 aromatic carbocycles. The molecule has 0 fully saturated rings. The van der Waals surface area contributed by atoms with Gasteiger partial charge in [0.15, 0.2) is 0 Å². The van der Waals surface area contributed by atoms with Crippen molar-refractivity contribution < 1.29 is 9.18 Å². The predicted molar refractivity (Wildman–Crippen MR) is 67.6 cm³/mol. The average molecular weight is 237 g/mol. The molecule has 0 aliphatic heterocycles. The summed E-state index contributed by atoms with van der Waals surface area (Å²) in [5.41, 5.74) is 0.977. The molecule has 0 radical (unpaired) electrons. The van der Waals surface area contributed by atoms with Crippen LogP contribution in [0.4, 0.5) is 4.39 Å². The van der Waals surface area contributed by atoms with Crippen molar-refractivity contribution in [3.8, 4) is 0 Å². The molecule has 0 bridgehead atoms. The number of aryl methyl sites for hydroxylation is 1. The lowest BCUT2D eigenvalue weighted by Crippen LogP contribution is -2.31. The Kier molecular flexibility index (Phi) is 4.67. The van der Waals surface area contributed by atoms with Crippen molar-refractivity contribution >= 4 is 5.91 Å². The fraction of sp³-hybridized carbons (Fsp3) is 0.500. The van der Waals surface area contributed by atoms with Gasteiger partial charge in [0, 0.05) is 13.6 Å². The lowest BCUT2D eigenvalue weighted by atomic mass is 10.1. The number of halogens is 1. The van der Waals surface area contributed by atoms with Crippen molar-refractivity contribution in [2.24, 2.45) is 5.92 Å². The average Bonchev–Trinajstić information content (AvgIpc) is 2.28. The molecule has 2 nitrogen and oxygen atoms in total. The third kappa shape index (κ3) is 3.55. The van der Waals surface area contributed by atoms with E-state index < -0.39 is 5.82 Å². The molecule has 0 aliphatic carbocycles. The second-order valence-electron chi connectivity index (χ2n) is 4.68. The number of amides is 1. The van der Waals surface area contributed by atoms with E-state index in [0.717, 1.165) is 12.0 Å². The summed E-state index contributed by atoms with van der Waals surface area (Å²) in [4.78, 5) is 13.6. The molecular weight excluding hydrogens is 217 g/mol. The summed E-state index contributed by atoms with van der Waals surface area (Å²) in [6, 6.07) is 4.71. The van der Waals surface area contributed by atoms with Gasteiger partial charge in [-0.25, -0.2) is 4.39 Å². The maximum atomic E-state index is 13.6. The number of hydrogen-bond acceptors (Lipinski definition) is 1. The minimum atomic E-state index is -0.439. The van der Waals surface area contributed by atoms with E-state index >= 15 is 0 Å². The van der Waals surface area contributed by atoms with E-state index in [-0.39, 0.29) is 11.5 Å². The molecule has 3 heteroatoms. The van der Waals surface area contributed by atoms with Gasteiger partial charge in [0.2, 0.25) is 0 Å². The van der Waals surface area contributed by atoms with Crippen molar-refractivity contribution in [1.29, 1.82) is 0 Å². The van der Waals surface area contributed by atoms with Gasteiger partial charge >= 0.3 is 0 Å². The topological polar surface area (TPSA) is 20.3 Å². The first kappa shape index (κ1) is 13.7. The van der Waals surface area contributed by atoms with Crippen LogP contribution >= 0.6 is 0 Å². The fourth-order valence-corrected chi connectivity index (χ4v) is 1.68. The smallest absolute Gasteiger partial charge is 0.256 e. The van der Waals surface area contributed by atoms with Crippen LogP contribution in [-0.2, 0) is 0 Å². The highest BCUT2D eigenvalue weighted by atomic mass is 19.1. The van der Waals surface area contributed by atoms with E-state index in [1.54, 1.807) is 31.0 Å². The lowest BCUT2D eigenvalue weighted by molar-refractivity contribution is 0.0770. The molecule has 94 valence electrons. The van der Waals surface area contributed by atoms with Crippen LogP contribution in [0.25, 0.3) is 0 Å². The van der Waals surface area contributed by atoms with Gasteiger partial charge in [-0.2, -0.15) is 0 Å². The van der Waals surface area contributed by atoms with E-state index in [2.05, 4.69) is 13.8 Å². The van der Waals surface area contributed by atoms with Crippen molar-refractivity contribution in [2.45, 2.75) is 27.2 Å². The van der Waals surface area contributed by atoms with Crippen LogP contribution in [0.1, 0.15) is 36.2 Å². The van der Waals surface area contributed by atoms with Gasteiger partial charge in [0.05, 0.1) is 5.56 Å². The number of carbonyl (C=O) groups is 1. The molecule has 0 saturated carbocycles. The molecule has 0 aliphatic rings. The summed E-state index contributed by atoms with van der Waals surface area (Å²) in [6.07, 6.45) is 1.01. The zero-order chi connectivity index (χ0) is 13.0. The van der Waals surface area contributed by atoms with Crippen molar-refractivity contribution in [1.82, 2.24) is 4.90 Å². The van der Waals surface area contributed by atoms with Gasteiger partial charge < -0.3 is 4.90 Å². The Bertz CT molecular complexity index is 403. The summed E-state index contributed by atoms with van der Waals surface area (Å²) in [5.74, 6) is -0.258. The lowest BCUT2D eigenvalue weighted by Gasteiger charge is -2.21. The van der Waals surface area contributed by atoms with Crippen LogP contribution in [0, 0.1) is 18.7 Å². The van der Waals surface area contributed by atoms with Gasteiger partial charge in [-0.1, -0.05) is 26.3 Å². The highest BCUT2D eigenvalue weighted by Gasteiger charge is 2.17. The first-order chi connectivity index (χ1) is 7.95. The molecular formula is C14H20FNO. The molecule has 1 rings (SSSR count). The van der Waals surface area contributed by atoms with Gasteiger partial charge in [-0.3, -0.25) is 4.79 Å². The van der Waals surface area contributed by atoms with E-state index in [1.165, 1.54) is 6.07 Å². The summed E-state index contributed by atoms with van der Waals surface area (Å²) in [6.45, 7) is 6.62. The van der Waals surface area contributed by atoms with Crippen LogP contribution in [-0.4, -0.2) is 24.4 Å². The number of rotatable bonds is 4. The predicted octanol–water partition coefficient (Wildman–Crippen LogP) is 3.25. The quantitative estimate of drug-likeness (QED) is 0.787. The Labute approximate surface area is 102 Å². The number of benzene rings is 1. The standard InChI is InChI=1S/C14H20FNO/c1-5-10(2)9-16(4)14(17)12-7-6-11(3)8-13(12)15/h6-8,10H,5,9H2,1-4H3. The summed E-state index contributed by atoms with van der Waals surface area (Å²) in [5, 5.41) is 0. The normalized spacial score (nSPS) is 12.3. The van der Waals surface area contributed by atoms with E-state index in [1.807, 2.05) is 0 Å². The van der Waals surface area contributed by atoms with Crippen molar-refractivity contribution in [3.05, 3.63) is 35.1 Å². The van der Waals surface area contributed by atoms with Crippen LogP contribution in [0.5, 0.6) is 0 Å². The first-order valence-electron chi connectivity index (χ1n) is 5.97. The number of hydrogen-bond donors (Lipinski definition) is 0. The molecule has 0 heterocycles. The van der Waals surface area contributed by atoms with Crippen LogP contribution < -0.4 is 0 Å². The Morgan fingerprint density at radius 1 is 1.47 bits per heavy atom. The molecule has 1 atom stereocenters. The Hall–Kier alpha value is -1.38. The van der Waals surface area contributed by atoms with Crippen LogP contribution in [0.2, 0.25) is 0 Å². The second-order valence-corrected chi connectivity index (χ2v) is 4.68. The summed E-state index contributed by atoms with van der Waals surface area (Å²) >= 11 is 0. The monoisotopic (exact) mass is 237 g/mol. The Balaban J connectivity index is 2.81. The maximum absolute atomic E-state index is 13.6. The van der Waals surface area contributed by atoms with E-state index in [9.17, 15) is 9.18 Å². The highest BCUT2D eigenvalue weighted by Crippen LogP contribution is 2.13. The molecule has 1 aromatic rings. The minimum absolute atomic E-state index is 0.154. The third-order valence-electron chi connectivity index (χ3n) is 2.98. The Morgan fingerprint density at radius 3 is 2.65 bits per heavy atom. The van der Waals surface area contributed by atoms with Crippen LogP contribution in [0.15, 0.2) is 18.2 Å². The van der Waals surface area contributed by atoms with E-state index in [4.69, 9.17) is 0 Å². The molecule has 0 saturated heterocycles. The number of carbonyl (C=O) groups excluding carboxylic acids is 1. The Morgan fingerprint density at radius 2 is 2.12 bits per heavy atom. The van der Waals surface area contributed by atoms with Crippen molar-refractivity contribution in [2.75, 3.05) is 13.6 Å². The SMILES string of the molecule is CCC(C)CN(C)C(=O)c1ccc(C)cc1F. The zero-order valence-corrected chi connectivity index (χ0v) is 11.0. The van der Waals surface area contributed by atoms with Crippen molar-refractivity contribution in [3.63, 3.8) is 0 Å². The largest absolute Gasteiger partial charge is 0.341 e. The number of nitrogens with zero attached hydrogens (tertiary/aromatic N) is 1. The molecule has 1 amide bonds. The molecule has 17 heavy (non-hydrogen) atoms. The third-order valence-corrected chi connectivity index (χ3v) is 2.98.